The normalized spacial score (nSPS) is 16.4. The van der Waals surface area contributed by atoms with Crippen LogP contribution in [0.15, 0.2) is 35.0 Å². The number of carbonyl (C=O) groups excluding carboxylic acids is 1. The molecule has 0 unspecified atom stereocenters. The molecule has 1 amide bonds. The number of nitrogens with one attached hydrogen (secondary N) is 2. The van der Waals surface area contributed by atoms with Crippen LogP contribution >= 0.6 is 0 Å². The Hall–Kier alpha value is -4.59. The van der Waals surface area contributed by atoms with E-state index >= 15 is 0 Å². The zero-order valence-electron chi connectivity index (χ0n) is 18.7. The molecule has 0 spiro atoms. The predicted octanol–water partition coefficient (Wildman–Crippen LogP) is 1.33. The molecule has 1 atom stereocenters. The Morgan fingerprint density at radius 1 is 1.20 bits per heavy atom. The van der Waals surface area contributed by atoms with Gasteiger partial charge in [0, 0.05) is 37.0 Å². The molecular formula is C24H21N9O2. The minimum Gasteiger partial charge on any atom is -0.420 e. The fourth-order valence-electron chi connectivity index (χ4n) is 4.51. The van der Waals surface area contributed by atoms with Crippen molar-refractivity contribution < 1.29 is 9.21 Å². The van der Waals surface area contributed by atoms with E-state index in [9.17, 15) is 4.79 Å². The van der Waals surface area contributed by atoms with E-state index < -0.39 is 0 Å². The molecule has 6 rings (SSSR count). The van der Waals surface area contributed by atoms with E-state index in [1.165, 1.54) is 11.1 Å². The van der Waals surface area contributed by atoms with E-state index in [1.807, 2.05) is 6.07 Å². The molecule has 174 valence electrons. The van der Waals surface area contributed by atoms with Crippen LogP contribution in [0.1, 0.15) is 34.0 Å². The van der Waals surface area contributed by atoms with Gasteiger partial charge in [0.15, 0.2) is 0 Å². The number of carbonyl (C=O) groups is 1. The summed E-state index contributed by atoms with van der Waals surface area (Å²) in [4.78, 5) is 23.2. The van der Waals surface area contributed by atoms with Crippen LogP contribution in [0, 0.1) is 12.3 Å². The van der Waals surface area contributed by atoms with Crippen LogP contribution in [0.25, 0.3) is 11.5 Å². The molecule has 1 aromatic carbocycles. The Labute approximate surface area is 200 Å². The van der Waals surface area contributed by atoms with Crippen molar-refractivity contribution in [3.8, 4) is 23.8 Å². The van der Waals surface area contributed by atoms with Gasteiger partial charge in [0.25, 0.3) is 5.89 Å². The molecule has 11 heteroatoms. The average Bonchev–Trinajstić information content (AvgIpc) is 3.63. The number of aromatic amines is 1. The third-order valence-corrected chi connectivity index (χ3v) is 6.34. The van der Waals surface area contributed by atoms with Crippen LogP contribution in [-0.4, -0.2) is 59.0 Å². The van der Waals surface area contributed by atoms with Gasteiger partial charge in [-0.15, -0.1) is 21.7 Å². The number of benzene rings is 1. The minimum absolute atomic E-state index is 0.0182. The first-order valence-corrected chi connectivity index (χ1v) is 11.3. The molecule has 4 aromatic rings. The van der Waals surface area contributed by atoms with Gasteiger partial charge in [0.1, 0.15) is 12.1 Å². The maximum atomic E-state index is 12.7. The van der Waals surface area contributed by atoms with Crippen molar-refractivity contribution in [3.05, 3.63) is 64.6 Å². The molecule has 3 aromatic heterocycles. The first kappa shape index (κ1) is 21.0. The lowest BCUT2D eigenvalue weighted by atomic mass is 10.1. The zero-order valence-corrected chi connectivity index (χ0v) is 18.7. The molecule has 0 saturated heterocycles. The number of nitrogens with zero attached hydrogens (tertiary/aromatic N) is 7. The lowest BCUT2D eigenvalue weighted by Gasteiger charge is -2.25. The summed E-state index contributed by atoms with van der Waals surface area (Å²) in [7, 11) is 0. The van der Waals surface area contributed by atoms with E-state index in [2.05, 4.69) is 58.9 Å². The van der Waals surface area contributed by atoms with Crippen molar-refractivity contribution in [2.45, 2.75) is 38.3 Å². The number of aromatic nitrogens is 7. The fraction of sp³-hybridized carbons (Fsp3) is 0.292. The molecule has 1 aliphatic heterocycles. The molecule has 11 nitrogen and oxygen atoms in total. The summed E-state index contributed by atoms with van der Waals surface area (Å²) in [5.74, 6) is 3.62. The highest BCUT2D eigenvalue weighted by molar-refractivity contribution is 5.78. The third-order valence-electron chi connectivity index (χ3n) is 6.34. The van der Waals surface area contributed by atoms with Gasteiger partial charge in [-0.2, -0.15) is 0 Å². The molecule has 0 radical (unpaired) electrons. The topological polar surface area (TPSA) is 139 Å². The van der Waals surface area contributed by atoms with Gasteiger partial charge >= 0.3 is 0 Å². The van der Waals surface area contributed by atoms with Gasteiger partial charge < -0.3 is 14.6 Å². The van der Waals surface area contributed by atoms with Crippen molar-refractivity contribution in [1.82, 2.24) is 40.5 Å². The first-order chi connectivity index (χ1) is 17.1. The van der Waals surface area contributed by atoms with Gasteiger partial charge in [-0.1, -0.05) is 17.2 Å². The third kappa shape index (κ3) is 4.21. The van der Waals surface area contributed by atoms with E-state index in [-0.39, 0.29) is 30.2 Å². The fourth-order valence-corrected chi connectivity index (χ4v) is 4.51. The van der Waals surface area contributed by atoms with Crippen LogP contribution in [0.5, 0.6) is 0 Å². The number of terminal acetylenes is 1. The monoisotopic (exact) mass is 467 g/mol. The predicted molar refractivity (Wildman–Crippen MR) is 124 cm³/mol. The molecule has 2 aliphatic rings. The van der Waals surface area contributed by atoms with E-state index in [4.69, 9.17) is 10.8 Å². The minimum atomic E-state index is -0.100. The molecule has 35 heavy (non-hydrogen) atoms. The van der Waals surface area contributed by atoms with Crippen molar-refractivity contribution in [2.24, 2.45) is 0 Å². The van der Waals surface area contributed by atoms with E-state index in [0.717, 1.165) is 29.8 Å². The summed E-state index contributed by atoms with van der Waals surface area (Å²) < 4.78 is 5.70. The Balaban J connectivity index is 1.06. The van der Waals surface area contributed by atoms with Crippen molar-refractivity contribution in [2.75, 3.05) is 11.9 Å². The lowest BCUT2D eigenvalue weighted by molar-refractivity contribution is -0.131. The molecule has 0 saturated carbocycles. The second-order valence-electron chi connectivity index (χ2n) is 8.65. The number of hydrogen-bond donors (Lipinski definition) is 2. The standard InChI is InChI=1S/C24H21N9O2/c1-2-14-3-4-15-8-18(9-16(15)7-14)27-24-25-11-17(12-26-24)23-31-30-21(35-23)10-22(34)33-6-5-19-20(13-33)29-32-28-19/h1,3-4,7,11-12,18H,5-6,8-10,13H2,(H,25,26,27)(H,28,29,32)/t18-/m1/s1. The maximum absolute atomic E-state index is 12.7. The van der Waals surface area contributed by atoms with Crippen molar-refractivity contribution >= 4 is 11.9 Å². The van der Waals surface area contributed by atoms with Gasteiger partial charge in [-0.25, -0.2) is 9.97 Å². The molecule has 0 fully saturated rings. The van der Waals surface area contributed by atoms with Crippen molar-refractivity contribution in [3.63, 3.8) is 0 Å². The number of amides is 1. The molecule has 1 aliphatic carbocycles. The number of fused-ring (bicyclic) bond motifs is 2. The second-order valence-corrected chi connectivity index (χ2v) is 8.65. The SMILES string of the molecule is C#Cc1ccc2c(c1)C[C@H](Nc1ncc(-c3nnc(CC(=O)N4CCc5[nH]nnc5C4)o3)cn1)C2. The van der Waals surface area contributed by atoms with Crippen LogP contribution in [0.2, 0.25) is 0 Å². The highest BCUT2D eigenvalue weighted by Gasteiger charge is 2.25. The van der Waals surface area contributed by atoms with Crippen LogP contribution in [-0.2, 0) is 37.0 Å². The Morgan fingerprint density at radius 2 is 2.06 bits per heavy atom. The quantitative estimate of drug-likeness (QED) is 0.416. The maximum Gasteiger partial charge on any atom is 0.250 e. The number of anilines is 1. The number of rotatable bonds is 5. The summed E-state index contributed by atoms with van der Waals surface area (Å²) in [5, 5.41) is 22.1. The average molecular weight is 467 g/mol. The van der Waals surface area contributed by atoms with Gasteiger partial charge in [-0.3, -0.25) is 9.89 Å². The Kier molecular flexibility index (Phi) is 5.18. The highest BCUT2D eigenvalue weighted by atomic mass is 16.4. The Morgan fingerprint density at radius 3 is 2.91 bits per heavy atom. The second kappa shape index (κ2) is 8.64. The summed E-state index contributed by atoms with van der Waals surface area (Å²) in [6.07, 6.45) is 11.2. The Bertz CT molecular complexity index is 1430. The number of H-pyrrole nitrogens is 1. The van der Waals surface area contributed by atoms with Gasteiger partial charge in [0.05, 0.1) is 17.8 Å². The lowest BCUT2D eigenvalue weighted by Crippen LogP contribution is -2.37. The zero-order chi connectivity index (χ0) is 23.8. The summed E-state index contributed by atoms with van der Waals surface area (Å²) in [5.41, 5.74) is 5.79. The largest absolute Gasteiger partial charge is 0.420 e. The molecule has 4 heterocycles. The first-order valence-electron chi connectivity index (χ1n) is 11.3. The highest BCUT2D eigenvalue weighted by Crippen LogP contribution is 2.25. The van der Waals surface area contributed by atoms with Crippen LogP contribution in [0.4, 0.5) is 5.95 Å². The van der Waals surface area contributed by atoms with Crippen LogP contribution in [0.3, 0.4) is 0 Å². The smallest absolute Gasteiger partial charge is 0.250 e. The number of hydrogen-bond acceptors (Lipinski definition) is 9. The van der Waals surface area contributed by atoms with E-state index in [0.29, 0.717) is 31.0 Å². The van der Waals surface area contributed by atoms with Gasteiger partial charge in [-0.05, 0) is 36.1 Å². The van der Waals surface area contributed by atoms with Gasteiger partial charge in [0.2, 0.25) is 17.7 Å². The van der Waals surface area contributed by atoms with E-state index in [1.54, 1.807) is 17.3 Å². The van der Waals surface area contributed by atoms with Crippen LogP contribution < -0.4 is 5.32 Å². The summed E-state index contributed by atoms with van der Waals surface area (Å²) >= 11 is 0. The summed E-state index contributed by atoms with van der Waals surface area (Å²) in [6, 6.07) is 6.33. The van der Waals surface area contributed by atoms with Crippen molar-refractivity contribution in [1.29, 1.82) is 0 Å². The molecule has 0 bridgehead atoms. The molecule has 2 N–H and O–H groups in total. The molecular weight excluding hydrogens is 446 g/mol. The summed E-state index contributed by atoms with van der Waals surface area (Å²) in [6.45, 7) is 1.02.